The van der Waals surface area contributed by atoms with Gasteiger partial charge in [-0.1, -0.05) is 13.0 Å². The van der Waals surface area contributed by atoms with Crippen LogP contribution < -0.4 is 4.74 Å². The van der Waals surface area contributed by atoms with Crippen molar-refractivity contribution in [3.05, 3.63) is 29.3 Å². The van der Waals surface area contributed by atoms with Crippen LogP contribution in [0.3, 0.4) is 0 Å². The van der Waals surface area contributed by atoms with E-state index in [1.807, 2.05) is 0 Å². The molecule has 1 N–H and O–H groups in total. The number of rotatable bonds is 5. The summed E-state index contributed by atoms with van der Waals surface area (Å²) in [5.41, 5.74) is 3.08. The van der Waals surface area contributed by atoms with Gasteiger partial charge in [-0.2, -0.15) is 0 Å². The molecule has 0 amide bonds. The Morgan fingerprint density at radius 1 is 1.19 bits per heavy atom. The summed E-state index contributed by atoms with van der Waals surface area (Å²) >= 11 is 0. The van der Waals surface area contributed by atoms with Gasteiger partial charge in [-0.15, -0.1) is 0 Å². The number of nitrogens with zero attached hydrogens (tertiary/aromatic N) is 1. The summed E-state index contributed by atoms with van der Waals surface area (Å²) in [5, 5.41) is 9.30. The van der Waals surface area contributed by atoms with Gasteiger partial charge in [0.25, 0.3) is 0 Å². The summed E-state index contributed by atoms with van der Waals surface area (Å²) in [6.45, 7) is 6.50. The average molecular weight is 372 g/mol. The molecule has 0 aromatic heterocycles. The summed E-state index contributed by atoms with van der Waals surface area (Å²) in [6.07, 6.45) is 8.54. The van der Waals surface area contributed by atoms with Gasteiger partial charge in [0, 0.05) is 6.54 Å². The number of carboxylic acids is 1. The van der Waals surface area contributed by atoms with E-state index in [1.54, 1.807) is 0 Å². The molecule has 0 bridgehead atoms. The molecule has 1 saturated heterocycles. The lowest BCUT2D eigenvalue weighted by atomic mass is 9.67. The van der Waals surface area contributed by atoms with Crippen molar-refractivity contribution in [3.63, 3.8) is 0 Å². The predicted octanol–water partition coefficient (Wildman–Crippen LogP) is 4.26. The normalized spacial score (nSPS) is 29.0. The Kier molecular flexibility index (Phi) is 5.45. The number of hydrogen-bond acceptors (Lipinski definition) is 3. The Bertz CT molecular complexity index is 670. The van der Waals surface area contributed by atoms with Gasteiger partial charge in [-0.05, 0) is 99.0 Å². The van der Waals surface area contributed by atoms with Gasteiger partial charge in [0.1, 0.15) is 12.4 Å². The topological polar surface area (TPSA) is 49.8 Å². The van der Waals surface area contributed by atoms with Crippen LogP contribution in [0.5, 0.6) is 5.75 Å². The fourth-order valence-corrected chi connectivity index (χ4v) is 5.38. The molecule has 1 aromatic rings. The Hall–Kier alpha value is -1.55. The van der Waals surface area contributed by atoms with Crippen LogP contribution in [0.15, 0.2) is 18.2 Å². The van der Waals surface area contributed by atoms with Crippen molar-refractivity contribution < 1.29 is 14.6 Å². The highest BCUT2D eigenvalue weighted by molar-refractivity contribution is 5.70. The third kappa shape index (κ3) is 4.01. The lowest BCUT2D eigenvalue weighted by Crippen LogP contribution is -2.35. The predicted molar refractivity (Wildman–Crippen MR) is 106 cm³/mol. The number of aryl methyl sites for hydroxylation is 1. The van der Waals surface area contributed by atoms with Gasteiger partial charge in [-0.25, -0.2) is 0 Å². The molecule has 0 atom stereocenters. The number of aliphatic carboxylic acids is 1. The van der Waals surface area contributed by atoms with Crippen molar-refractivity contribution in [1.82, 2.24) is 4.90 Å². The average Bonchev–Trinajstić information content (AvgIpc) is 3.01. The number of likely N-dealkylation sites (tertiary alicyclic amines) is 1. The van der Waals surface area contributed by atoms with E-state index in [9.17, 15) is 9.90 Å². The van der Waals surface area contributed by atoms with Crippen molar-refractivity contribution in [3.8, 4) is 5.75 Å². The molecule has 148 valence electrons. The van der Waals surface area contributed by atoms with Crippen LogP contribution in [0.2, 0.25) is 0 Å². The summed E-state index contributed by atoms with van der Waals surface area (Å²) in [4.78, 5) is 13.8. The van der Waals surface area contributed by atoms with Crippen molar-refractivity contribution in [2.24, 2.45) is 11.8 Å². The Labute approximate surface area is 162 Å². The highest BCUT2D eigenvalue weighted by Crippen LogP contribution is 2.50. The first-order valence-electron chi connectivity index (χ1n) is 10.8. The standard InChI is InChI=1S/C23H33NO3/c1-17-7-12-24(13-8-17)14-15-27-20-3-2-18-4-9-23(21(18)16-20)10-5-19(6-11-23)22(25)26/h2-3,16-17,19H,4-15H2,1H3,(H,25,26). The second kappa shape index (κ2) is 7.83. The zero-order valence-corrected chi connectivity index (χ0v) is 16.6. The molecule has 4 heteroatoms. The number of carboxylic acid groups (broad SMARTS) is 1. The lowest BCUT2D eigenvalue weighted by Gasteiger charge is -2.37. The van der Waals surface area contributed by atoms with Crippen LogP contribution >= 0.6 is 0 Å². The number of ether oxygens (including phenoxy) is 1. The molecule has 2 aliphatic carbocycles. The zero-order valence-electron chi connectivity index (χ0n) is 16.6. The van der Waals surface area contributed by atoms with Crippen molar-refractivity contribution in [2.75, 3.05) is 26.2 Å². The van der Waals surface area contributed by atoms with Crippen molar-refractivity contribution in [2.45, 2.75) is 63.7 Å². The van der Waals surface area contributed by atoms with Crippen LogP contribution in [0, 0.1) is 11.8 Å². The van der Waals surface area contributed by atoms with Crippen molar-refractivity contribution in [1.29, 1.82) is 0 Å². The van der Waals surface area contributed by atoms with Gasteiger partial charge in [0.2, 0.25) is 0 Å². The molecular formula is C23H33NO3. The van der Waals surface area contributed by atoms with Gasteiger partial charge in [0.15, 0.2) is 0 Å². The monoisotopic (exact) mass is 371 g/mol. The summed E-state index contributed by atoms with van der Waals surface area (Å²) in [6, 6.07) is 6.63. The molecule has 2 fully saturated rings. The second-order valence-electron chi connectivity index (χ2n) is 9.08. The van der Waals surface area contributed by atoms with Crippen LogP contribution in [-0.4, -0.2) is 42.2 Å². The smallest absolute Gasteiger partial charge is 0.306 e. The molecule has 1 spiro atoms. The van der Waals surface area contributed by atoms with E-state index in [2.05, 4.69) is 30.0 Å². The first kappa shape index (κ1) is 18.8. The Morgan fingerprint density at radius 3 is 2.63 bits per heavy atom. The van der Waals surface area contributed by atoms with Gasteiger partial charge < -0.3 is 9.84 Å². The van der Waals surface area contributed by atoms with E-state index < -0.39 is 5.97 Å². The largest absolute Gasteiger partial charge is 0.492 e. The molecule has 4 nitrogen and oxygen atoms in total. The minimum atomic E-state index is -0.618. The minimum Gasteiger partial charge on any atom is -0.492 e. The molecule has 1 aliphatic heterocycles. The summed E-state index contributed by atoms with van der Waals surface area (Å²) < 4.78 is 6.12. The SMILES string of the molecule is CC1CCN(CCOc2ccc3c(c2)C2(CC3)CCC(C(=O)O)CC2)CC1. The van der Waals surface area contributed by atoms with E-state index in [4.69, 9.17) is 4.74 Å². The quantitative estimate of drug-likeness (QED) is 0.840. The Morgan fingerprint density at radius 2 is 1.93 bits per heavy atom. The molecule has 4 rings (SSSR count). The number of carbonyl (C=O) groups is 1. The lowest BCUT2D eigenvalue weighted by molar-refractivity contribution is -0.143. The fourth-order valence-electron chi connectivity index (χ4n) is 5.38. The first-order chi connectivity index (χ1) is 13.1. The van der Waals surface area contributed by atoms with Crippen LogP contribution in [0.4, 0.5) is 0 Å². The van der Waals surface area contributed by atoms with Crippen LogP contribution in [0.1, 0.15) is 63.0 Å². The fraction of sp³-hybridized carbons (Fsp3) is 0.696. The maximum atomic E-state index is 11.3. The molecule has 0 unspecified atom stereocenters. The maximum Gasteiger partial charge on any atom is 0.306 e. The number of hydrogen-bond donors (Lipinski definition) is 1. The number of benzene rings is 1. The van der Waals surface area contributed by atoms with Gasteiger partial charge >= 0.3 is 5.97 Å². The highest BCUT2D eigenvalue weighted by atomic mass is 16.5. The minimum absolute atomic E-state index is 0.147. The summed E-state index contributed by atoms with van der Waals surface area (Å²) in [5.74, 6) is 1.09. The van der Waals surface area contributed by atoms with Crippen molar-refractivity contribution >= 4 is 5.97 Å². The van der Waals surface area contributed by atoms with Crippen LogP contribution in [0.25, 0.3) is 0 Å². The van der Waals surface area contributed by atoms with E-state index in [-0.39, 0.29) is 11.3 Å². The zero-order chi connectivity index (χ0) is 18.9. The first-order valence-corrected chi connectivity index (χ1v) is 10.8. The van der Waals surface area contributed by atoms with Crippen LogP contribution in [-0.2, 0) is 16.6 Å². The summed E-state index contributed by atoms with van der Waals surface area (Å²) in [7, 11) is 0. The molecule has 1 saturated carbocycles. The third-order valence-electron chi connectivity index (χ3n) is 7.37. The van der Waals surface area contributed by atoms with E-state index in [0.717, 1.165) is 56.9 Å². The molecule has 1 heterocycles. The second-order valence-corrected chi connectivity index (χ2v) is 9.08. The van der Waals surface area contributed by atoms with E-state index >= 15 is 0 Å². The molecule has 1 aromatic carbocycles. The van der Waals surface area contributed by atoms with Gasteiger partial charge in [-0.3, -0.25) is 9.69 Å². The molecule has 27 heavy (non-hydrogen) atoms. The number of fused-ring (bicyclic) bond motifs is 2. The Balaban J connectivity index is 1.36. The van der Waals surface area contributed by atoms with Gasteiger partial charge in [0.05, 0.1) is 5.92 Å². The van der Waals surface area contributed by atoms with E-state index in [0.29, 0.717) is 0 Å². The number of piperidine rings is 1. The molecule has 0 radical (unpaired) electrons. The maximum absolute atomic E-state index is 11.3. The van der Waals surface area contributed by atoms with E-state index in [1.165, 1.54) is 43.5 Å². The highest BCUT2D eigenvalue weighted by Gasteiger charge is 2.43. The third-order valence-corrected chi connectivity index (χ3v) is 7.37. The molecule has 3 aliphatic rings. The molecular weight excluding hydrogens is 338 g/mol.